The molecule has 2 aromatic rings. The van der Waals surface area contributed by atoms with Gasteiger partial charge < -0.3 is 19.4 Å². The van der Waals surface area contributed by atoms with E-state index in [0.29, 0.717) is 6.54 Å². The maximum absolute atomic E-state index is 12.4. The fraction of sp³-hybridized carbons (Fsp3) is 0.438. The van der Waals surface area contributed by atoms with E-state index < -0.39 is 0 Å². The van der Waals surface area contributed by atoms with Gasteiger partial charge in [-0.05, 0) is 18.6 Å². The molecule has 5 nitrogen and oxygen atoms in total. The average molecular weight is 288 g/mol. The Bertz CT molecular complexity index is 604. The molecule has 1 N–H and O–H groups in total. The number of benzene rings is 1. The van der Waals surface area contributed by atoms with Gasteiger partial charge in [0.05, 0.1) is 18.7 Å². The summed E-state index contributed by atoms with van der Waals surface area (Å²) < 4.78 is 11.0. The van der Waals surface area contributed by atoms with Gasteiger partial charge in [-0.2, -0.15) is 0 Å². The molecule has 1 aromatic heterocycles. The van der Waals surface area contributed by atoms with Gasteiger partial charge in [0.2, 0.25) is 5.91 Å². The van der Waals surface area contributed by atoms with Gasteiger partial charge in [-0.3, -0.25) is 4.79 Å². The standard InChI is InChI=1S/C16H20N2O3/c1-18(16(19)14-8-12(20-2)9-17-14)10-13-7-11-5-3-4-6-15(11)21-13/h3-7,12,14,17H,8-10H2,1-2H3/t12-,14-/m0/s1. The molecule has 1 aliphatic rings. The van der Waals surface area contributed by atoms with Crippen LogP contribution in [0.2, 0.25) is 0 Å². The number of furan rings is 1. The first-order chi connectivity index (χ1) is 10.2. The van der Waals surface area contributed by atoms with Gasteiger partial charge in [0.25, 0.3) is 0 Å². The summed E-state index contributed by atoms with van der Waals surface area (Å²) in [5.74, 6) is 0.878. The van der Waals surface area contributed by atoms with Crippen LogP contribution in [0.3, 0.4) is 0 Å². The number of rotatable bonds is 4. The number of carbonyl (C=O) groups excluding carboxylic acids is 1. The number of ether oxygens (including phenoxy) is 1. The van der Waals surface area contributed by atoms with Gasteiger partial charge in [-0.25, -0.2) is 0 Å². The third-order valence-corrected chi connectivity index (χ3v) is 3.97. The third-order valence-electron chi connectivity index (χ3n) is 3.97. The van der Waals surface area contributed by atoms with Crippen LogP contribution in [-0.2, 0) is 16.1 Å². The number of methoxy groups -OCH3 is 1. The van der Waals surface area contributed by atoms with Crippen molar-refractivity contribution < 1.29 is 13.9 Å². The summed E-state index contributed by atoms with van der Waals surface area (Å²) in [6.07, 6.45) is 0.846. The third kappa shape index (κ3) is 2.94. The fourth-order valence-corrected chi connectivity index (χ4v) is 2.76. The molecule has 5 heteroatoms. The zero-order valence-electron chi connectivity index (χ0n) is 12.3. The fourth-order valence-electron chi connectivity index (χ4n) is 2.76. The number of fused-ring (bicyclic) bond motifs is 1. The van der Waals surface area contributed by atoms with Crippen molar-refractivity contribution in [1.29, 1.82) is 0 Å². The number of para-hydroxylation sites is 1. The first kappa shape index (κ1) is 14.1. The summed E-state index contributed by atoms with van der Waals surface area (Å²) in [6.45, 7) is 1.20. The SMILES string of the molecule is CO[C@@H]1CN[C@H](C(=O)N(C)Cc2cc3ccccc3o2)C1. The highest BCUT2D eigenvalue weighted by Crippen LogP contribution is 2.20. The topological polar surface area (TPSA) is 54.7 Å². The number of hydrogen-bond acceptors (Lipinski definition) is 4. The number of carbonyl (C=O) groups is 1. The van der Waals surface area contributed by atoms with Crippen LogP contribution in [0.15, 0.2) is 34.7 Å². The quantitative estimate of drug-likeness (QED) is 0.931. The Kier molecular flexibility index (Phi) is 3.94. The Labute approximate surface area is 123 Å². The Hall–Kier alpha value is -1.85. The van der Waals surface area contributed by atoms with E-state index in [1.807, 2.05) is 30.3 Å². The van der Waals surface area contributed by atoms with Crippen molar-refractivity contribution in [3.05, 3.63) is 36.1 Å². The Morgan fingerprint density at radius 1 is 1.48 bits per heavy atom. The van der Waals surface area contributed by atoms with Gasteiger partial charge in [-0.1, -0.05) is 18.2 Å². The highest BCUT2D eigenvalue weighted by atomic mass is 16.5. The minimum atomic E-state index is -0.163. The largest absolute Gasteiger partial charge is 0.459 e. The van der Waals surface area contributed by atoms with Gasteiger partial charge in [0, 0.05) is 26.1 Å². The van der Waals surface area contributed by atoms with Crippen molar-refractivity contribution in [2.45, 2.75) is 25.1 Å². The lowest BCUT2D eigenvalue weighted by molar-refractivity contribution is -0.132. The molecule has 0 bridgehead atoms. The zero-order chi connectivity index (χ0) is 14.8. The van der Waals surface area contributed by atoms with Gasteiger partial charge >= 0.3 is 0 Å². The predicted octanol–water partition coefficient (Wildman–Crippen LogP) is 1.77. The molecular weight excluding hydrogens is 268 g/mol. The molecule has 2 heterocycles. The van der Waals surface area contributed by atoms with E-state index in [2.05, 4.69) is 5.32 Å². The van der Waals surface area contributed by atoms with E-state index in [9.17, 15) is 4.79 Å². The van der Waals surface area contributed by atoms with Crippen LogP contribution in [0.25, 0.3) is 11.0 Å². The molecule has 0 saturated carbocycles. The molecule has 1 aromatic carbocycles. The summed E-state index contributed by atoms with van der Waals surface area (Å²) >= 11 is 0. The average Bonchev–Trinajstić information content (AvgIpc) is 3.12. The van der Waals surface area contributed by atoms with Crippen molar-refractivity contribution in [1.82, 2.24) is 10.2 Å². The Balaban J connectivity index is 1.65. The summed E-state index contributed by atoms with van der Waals surface area (Å²) in [6, 6.07) is 9.68. The highest BCUT2D eigenvalue weighted by molar-refractivity contribution is 5.82. The molecule has 1 saturated heterocycles. The molecule has 0 radical (unpaired) electrons. The summed E-state index contributed by atoms with van der Waals surface area (Å²) in [4.78, 5) is 14.1. The predicted molar refractivity (Wildman–Crippen MR) is 79.9 cm³/mol. The molecule has 2 atom stereocenters. The molecule has 112 valence electrons. The molecule has 0 aliphatic carbocycles. The monoisotopic (exact) mass is 288 g/mol. The van der Waals surface area contributed by atoms with E-state index >= 15 is 0 Å². The molecule has 1 aliphatic heterocycles. The van der Waals surface area contributed by atoms with Crippen molar-refractivity contribution in [3.63, 3.8) is 0 Å². The van der Waals surface area contributed by atoms with Gasteiger partial charge in [0.1, 0.15) is 11.3 Å². The first-order valence-electron chi connectivity index (χ1n) is 7.16. The number of nitrogens with one attached hydrogen (secondary N) is 1. The van der Waals surface area contributed by atoms with Crippen LogP contribution in [0.4, 0.5) is 0 Å². The lowest BCUT2D eigenvalue weighted by Gasteiger charge is -2.20. The lowest BCUT2D eigenvalue weighted by atomic mass is 10.2. The normalized spacial score (nSPS) is 21.8. The van der Waals surface area contributed by atoms with Crippen LogP contribution in [0.1, 0.15) is 12.2 Å². The second-order valence-corrected chi connectivity index (χ2v) is 5.50. The molecule has 1 fully saturated rings. The van der Waals surface area contributed by atoms with E-state index in [-0.39, 0.29) is 18.1 Å². The lowest BCUT2D eigenvalue weighted by Crippen LogP contribution is -2.41. The first-order valence-corrected chi connectivity index (χ1v) is 7.16. The zero-order valence-corrected chi connectivity index (χ0v) is 12.3. The smallest absolute Gasteiger partial charge is 0.239 e. The number of amides is 1. The summed E-state index contributed by atoms with van der Waals surface area (Å²) in [5, 5.41) is 4.27. The van der Waals surface area contributed by atoms with E-state index in [4.69, 9.17) is 9.15 Å². The van der Waals surface area contributed by atoms with Crippen LogP contribution < -0.4 is 5.32 Å². The van der Waals surface area contributed by atoms with Crippen molar-refractivity contribution >= 4 is 16.9 Å². The molecule has 1 amide bonds. The van der Waals surface area contributed by atoms with Crippen LogP contribution >= 0.6 is 0 Å². The van der Waals surface area contributed by atoms with Gasteiger partial charge in [-0.15, -0.1) is 0 Å². The second-order valence-electron chi connectivity index (χ2n) is 5.50. The number of nitrogens with zero attached hydrogens (tertiary/aromatic N) is 1. The Morgan fingerprint density at radius 3 is 3.00 bits per heavy atom. The minimum absolute atomic E-state index is 0.0787. The van der Waals surface area contributed by atoms with E-state index in [1.54, 1.807) is 19.1 Å². The minimum Gasteiger partial charge on any atom is -0.459 e. The van der Waals surface area contributed by atoms with Gasteiger partial charge in [0.15, 0.2) is 0 Å². The molecule has 0 spiro atoms. The maximum atomic E-state index is 12.4. The molecular formula is C16H20N2O3. The molecule has 3 rings (SSSR count). The molecule has 21 heavy (non-hydrogen) atoms. The Morgan fingerprint density at radius 2 is 2.29 bits per heavy atom. The van der Waals surface area contributed by atoms with Crippen LogP contribution in [-0.4, -0.2) is 43.7 Å². The highest BCUT2D eigenvalue weighted by Gasteiger charge is 2.31. The van der Waals surface area contributed by atoms with E-state index in [0.717, 1.165) is 29.7 Å². The van der Waals surface area contributed by atoms with Crippen LogP contribution in [0.5, 0.6) is 0 Å². The summed E-state index contributed by atoms with van der Waals surface area (Å²) in [5.41, 5.74) is 0.854. The van der Waals surface area contributed by atoms with Crippen molar-refractivity contribution in [2.24, 2.45) is 0 Å². The maximum Gasteiger partial charge on any atom is 0.239 e. The van der Waals surface area contributed by atoms with Crippen LogP contribution in [0, 0.1) is 0 Å². The second kappa shape index (κ2) is 5.87. The molecule has 0 unspecified atom stereocenters. The van der Waals surface area contributed by atoms with Crippen molar-refractivity contribution in [3.8, 4) is 0 Å². The van der Waals surface area contributed by atoms with Crippen molar-refractivity contribution in [2.75, 3.05) is 20.7 Å². The van der Waals surface area contributed by atoms with E-state index in [1.165, 1.54) is 0 Å². The number of likely N-dealkylation sites (N-methyl/N-ethyl adjacent to an activating group) is 1. The number of hydrogen-bond donors (Lipinski definition) is 1. The summed E-state index contributed by atoms with van der Waals surface area (Å²) in [7, 11) is 3.48.